The van der Waals surface area contributed by atoms with Crippen molar-refractivity contribution in [3.05, 3.63) is 24.0 Å². The van der Waals surface area contributed by atoms with Gasteiger partial charge in [-0.05, 0) is 25.0 Å². The number of amides is 1. The van der Waals surface area contributed by atoms with Crippen LogP contribution in [0.5, 0.6) is 0 Å². The molecule has 0 spiro atoms. The SMILES string of the molecule is CN(CC1(O)CCCC1)C(=O)c1cccn1CC(F)F. The highest BCUT2D eigenvalue weighted by atomic mass is 19.3. The highest BCUT2D eigenvalue weighted by Gasteiger charge is 2.34. The van der Waals surface area contributed by atoms with E-state index in [1.54, 1.807) is 13.1 Å². The third kappa shape index (κ3) is 3.36. The van der Waals surface area contributed by atoms with E-state index in [-0.39, 0.29) is 18.1 Å². The minimum atomic E-state index is -2.50. The second-order valence-corrected chi connectivity index (χ2v) is 5.53. The molecule has 1 aliphatic rings. The first-order valence-electron chi connectivity index (χ1n) is 6.82. The van der Waals surface area contributed by atoms with Gasteiger partial charge in [0.25, 0.3) is 12.3 Å². The minimum Gasteiger partial charge on any atom is -0.388 e. The molecule has 1 aromatic heterocycles. The number of rotatable bonds is 5. The fourth-order valence-electron chi connectivity index (χ4n) is 2.82. The predicted molar refractivity (Wildman–Crippen MR) is 70.8 cm³/mol. The molecule has 1 aliphatic carbocycles. The molecule has 1 aromatic rings. The average molecular weight is 286 g/mol. The lowest BCUT2D eigenvalue weighted by Crippen LogP contribution is -2.42. The van der Waals surface area contributed by atoms with Crippen LogP contribution in [-0.4, -0.2) is 46.1 Å². The highest BCUT2D eigenvalue weighted by molar-refractivity contribution is 5.92. The first-order chi connectivity index (χ1) is 9.41. The summed E-state index contributed by atoms with van der Waals surface area (Å²) in [4.78, 5) is 13.7. The molecule has 0 atom stereocenters. The van der Waals surface area contributed by atoms with E-state index in [0.29, 0.717) is 12.8 Å². The van der Waals surface area contributed by atoms with Crippen LogP contribution in [0.1, 0.15) is 36.2 Å². The van der Waals surface area contributed by atoms with Crippen molar-refractivity contribution in [2.24, 2.45) is 0 Å². The van der Waals surface area contributed by atoms with Crippen LogP contribution >= 0.6 is 0 Å². The monoisotopic (exact) mass is 286 g/mol. The predicted octanol–water partition coefficient (Wildman–Crippen LogP) is 2.13. The van der Waals surface area contributed by atoms with Crippen molar-refractivity contribution in [3.63, 3.8) is 0 Å². The molecule has 112 valence electrons. The third-order valence-electron chi connectivity index (χ3n) is 3.80. The quantitative estimate of drug-likeness (QED) is 0.901. The summed E-state index contributed by atoms with van der Waals surface area (Å²) in [6.45, 7) is -0.252. The van der Waals surface area contributed by atoms with E-state index >= 15 is 0 Å². The number of likely N-dealkylation sites (N-methyl/N-ethyl adjacent to an activating group) is 1. The Kier molecular flexibility index (Phi) is 4.42. The zero-order valence-electron chi connectivity index (χ0n) is 11.6. The molecule has 0 saturated heterocycles. The molecule has 0 radical (unpaired) electrons. The molecule has 1 amide bonds. The lowest BCUT2D eigenvalue weighted by Gasteiger charge is -2.28. The van der Waals surface area contributed by atoms with Crippen molar-refractivity contribution in [1.29, 1.82) is 0 Å². The van der Waals surface area contributed by atoms with Crippen LogP contribution in [0.25, 0.3) is 0 Å². The fraction of sp³-hybridized carbons (Fsp3) is 0.643. The van der Waals surface area contributed by atoms with E-state index in [1.165, 1.54) is 21.7 Å². The van der Waals surface area contributed by atoms with Crippen LogP contribution in [0.3, 0.4) is 0 Å². The molecule has 1 saturated carbocycles. The van der Waals surface area contributed by atoms with Crippen LogP contribution in [-0.2, 0) is 6.54 Å². The van der Waals surface area contributed by atoms with Crippen molar-refractivity contribution in [3.8, 4) is 0 Å². The lowest BCUT2D eigenvalue weighted by molar-refractivity contribution is 0.0151. The summed E-state index contributed by atoms with van der Waals surface area (Å²) < 4.78 is 26.1. The third-order valence-corrected chi connectivity index (χ3v) is 3.80. The van der Waals surface area contributed by atoms with Gasteiger partial charge in [0, 0.05) is 19.8 Å². The van der Waals surface area contributed by atoms with Gasteiger partial charge in [-0.25, -0.2) is 8.78 Å². The Morgan fingerprint density at radius 2 is 2.15 bits per heavy atom. The van der Waals surface area contributed by atoms with E-state index in [1.807, 2.05) is 0 Å². The Morgan fingerprint density at radius 3 is 2.75 bits per heavy atom. The van der Waals surface area contributed by atoms with Crippen LogP contribution in [0, 0.1) is 0 Å². The van der Waals surface area contributed by atoms with E-state index < -0.39 is 18.6 Å². The van der Waals surface area contributed by atoms with Gasteiger partial charge in [-0.1, -0.05) is 12.8 Å². The Hall–Kier alpha value is -1.43. The molecule has 1 N–H and O–H groups in total. The van der Waals surface area contributed by atoms with Gasteiger partial charge in [-0.3, -0.25) is 4.79 Å². The van der Waals surface area contributed by atoms with Gasteiger partial charge in [-0.15, -0.1) is 0 Å². The summed E-state index contributed by atoms with van der Waals surface area (Å²) in [6.07, 6.45) is 2.25. The van der Waals surface area contributed by atoms with E-state index in [9.17, 15) is 18.7 Å². The van der Waals surface area contributed by atoms with Crippen molar-refractivity contribution >= 4 is 5.91 Å². The van der Waals surface area contributed by atoms with Gasteiger partial charge >= 0.3 is 0 Å². The normalized spacial score (nSPS) is 17.6. The lowest BCUT2D eigenvalue weighted by atomic mass is 10.0. The van der Waals surface area contributed by atoms with Crippen molar-refractivity contribution in [1.82, 2.24) is 9.47 Å². The zero-order valence-corrected chi connectivity index (χ0v) is 11.6. The summed E-state index contributed by atoms with van der Waals surface area (Å²) in [5, 5.41) is 10.3. The molecular weight excluding hydrogens is 266 g/mol. The Morgan fingerprint density at radius 1 is 1.50 bits per heavy atom. The maximum Gasteiger partial charge on any atom is 0.270 e. The number of alkyl halides is 2. The molecule has 4 nitrogen and oxygen atoms in total. The van der Waals surface area contributed by atoms with E-state index in [2.05, 4.69) is 0 Å². The van der Waals surface area contributed by atoms with Crippen molar-refractivity contribution in [2.45, 2.75) is 44.3 Å². The van der Waals surface area contributed by atoms with Crippen molar-refractivity contribution in [2.75, 3.05) is 13.6 Å². The summed E-state index contributed by atoms with van der Waals surface area (Å²) in [6, 6.07) is 3.10. The zero-order chi connectivity index (χ0) is 14.8. The van der Waals surface area contributed by atoms with Gasteiger partial charge < -0.3 is 14.6 Å². The Bertz CT molecular complexity index is 467. The smallest absolute Gasteiger partial charge is 0.270 e. The highest BCUT2D eigenvalue weighted by Crippen LogP contribution is 2.30. The van der Waals surface area contributed by atoms with E-state index in [0.717, 1.165) is 12.8 Å². The minimum absolute atomic E-state index is 0.231. The Balaban J connectivity index is 2.05. The van der Waals surface area contributed by atoms with Gasteiger partial charge in [-0.2, -0.15) is 0 Å². The molecule has 0 bridgehead atoms. The summed E-state index contributed by atoms with van der Waals surface area (Å²) in [7, 11) is 1.60. The second-order valence-electron chi connectivity index (χ2n) is 5.53. The first-order valence-corrected chi connectivity index (χ1v) is 6.82. The molecule has 0 unspecified atom stereocenters. The number of halogens is 2. The molecule has 20 heavy (non-hydrogen) atoms. The molecule has 1 fully saturated rings. The number of carbonyl (C=O) groups excluding carboxylic acids is 1. The Labute approximate surface area is 117 Å². The summed E-state index contributed by atoms with van der Waals surface area (Å²) >= 11 is 0. The molecule has 0 aromatic carbocycles. The topological polar surface area (TPSA) is 45.5 Å². The number of carbonyl (C=O) groups is 1. The van der Waals surface area contributed by atoms with Crippen LogP contribution in [0.15, 0.2) is 18.3 Å². The summed E-state index contributed by atoms with van der Waals surface area (Å²) in [5.41, 5.74) is -0.598. The average Bonchev–Trinajstić information content (AvgIpc) is 2.97. The number of hydrogen-bond donors (Lipinski definition) is 1. The summed E-state index contributed by atoms with van der Waals surface area (Å²) in [5.74, 6) is -0.337. The van der Waals surface area contributed by atoms with Gasteiger partial charge in [0.05, 0.1) is 12.1 Å². The van der Waals surface area contributed by atoms with Crippen LogP contribution in [0.2, 0.25) is 0 Å². The molecule has 0 aliphatic heterocycles. The second kappa shape index (κ2) is 5.91. The van der Waals surface area contributed by atoms with Crippen molar-refractivity contribution < 1.29 is 18.7 Å². The number of aliphatic hydroxyl groups is 1. The molecule has 2 rings (SSSR count). The number of aromatic nitrogens is 1. The van der Waals surface area contributed by atoms with Crippen LogP contribution < -0.4 is 0 Å². The molecular formula is C14H20F2N2O2. The largest absolute Gasteiger partial charge is 0.388 e. The maximum atomic E-state index is 12.4. The standard InChI is InChI=1S/C14H20F2N2O2/c1-17(10-14(20)6-2-3-7-14)13(19)11-5-4-8-18(11)9-12(15)16/h4-5,8,12,20H,2-3,6-7,9-10H2,1H3. The maximum absolute atomic E-state index is 12.4. The van der Waals surface area contributed by atoms with Gasteiger partial charge in [0.2, 0.25) is 0 Å². The van der Waals surface area contributed by atoms with E-state index in [4.69, 9.17) is 0 Å². The molecule has 6 heteroatoms. The van der Waals surface area contributed by atoms with Gasteiger partial charge in [0.1, 0.15) is 5.69 Å². The fourth-order valence-corrected chi connectivity index (χ4v) is 2.82. The number of hydrogen-bond acceptors (Lipinski definition) is 2. The van der Waals surface area contributed by atoms with Gasteiger partial charge in [0.15, 0.2) is 0 Å². The number of nitrogens with zero attached hydrogens (tertiary/aromatic N) is 2. The molecule has 1 heterocycles. The van der Waals surface area contributed by atoms with Crippen LogP contribution in [0.4, 0.5) is 8.78 Å². The first kappa shape index (κ1) is 15.0.